The van der Waals surface area contributed by atoms with E-state index in [9.17, 15) is 18.3 Å². The Morgan fingerprint density at radius 1 is 1.21 bits per heavy atom. The van der Waals surface area contributed by atoms with E-state index in [2.05, 4.69) is 15.9 Å². The number of hydrogen-bond donors (Lipinski definition) is 2. The van der Waals surface area contributed by atoms with Crippen molar-refractivity contribution in [1.82, 2.24) is 0 Å². The topological polar surface area (TPSA) is 46.2 Å². The monoisotopic (exact) mass is 339 g/mol. The molecule has 108 valence electrons. The van der Waals surface area contributed by atoms with Gasteiger partial charge in [-0.15, -0.1) is 0 Å². The van der Waals surface area contributed by atoms with Crippen molar-refractivity contribution < 1.29 is 18.3 Å². The third-order valence-corrected chi connectivity index (χ3v) is 3.63. The van der Waals surface area contributed by atoms with Gasteiger partial charge in [-0.05, 0) is 29.2 Å². The summed E-state index contributed by atoms with van der Waals surface area (Å²) in [6.07, 6.45) is -5.38. The normalized spacial score (nSPS) is 16.3. The van der Waals surface area contributed by atoms with Gasteiger partial charge >= 0.3 is 6.18 Å². The number of rotatable bonds is 2. The lowest BCUT2D eigenvalue weighted by atomic mass is 9.82. The van der Waals surface area contributed by atoms with Crippen LogP contribution in [0.4, 0.5) is 13.2 Å². The summed E-state index contributed by atoms with van der Waals surface area (Å²) in [5.41, 5.74) is 4.84. The van der Waals surface area contributed by atoms with E-state index in [4.69, 9.17) is 5.73 Å². The maximum atomic E-state index is 12.7. The van der Waals surface area contributed by atoms with E-state index in [-0.39, 0.29) is 5.56 Å². The molecule has 0 bridgehead atoms. The van der Waals surface area contributed by atoms with Gasteiger partial charge in [0, 0.05) is 4.47 Å². The molecule has 2 atom stereocenters. The average Bonchev–Trinajstić information content (AvgIpc) is 2.25. The zero-order valence-electron chi connectivity index (χ0n) is 10.9. The van der Waals surface area contributed by atoms with Crippen LogP contribution in [0, 0.1) is 5.41 Å². The molecule has 0 saturated carbocycles. The second kappa shape index (κ2) is 5.42. The van der Waals surface area contributed by atoms with Crippen LogP contribution in [0.15, 0.2) is 22.7 Å². The molecule has 0 aliphatic heterocycles. The lowest BCUT2D eigenvalue weighted by molar-refractivity contribution is -0.137. The van der Waals surface area contributed by atoms with Crippen molar-refractivity contribution in [2.45, 2.75) is 39.1 Å². The van der Waals surface area contributed by atoms with Crippen molar-refractivity contribution in [3.05, 3.63) is 33.8 Å². The maximum absolute atomic E-state index is 12.7. The number of aliphatic hydroxyl groups excluding tert-OH is 1. The third-order valence-electron chi connectivity index (χ3n) is 2.91. The first kappa shape index (κ1) is 16.5. The molecule has 0 fully saturated rings. The van der Waals surface area contributed by atoms with Crippen molar-refractivity contribution in [1.29, 1.82) is 0 Å². The molecule has 6 heteroatoms. The van der Waals surface area contributed by atoms with Gasteiger partial charge in [-0.1, -0.05) is 36.7 Å². The molecule has 0 spiro atoms. The van der Waals surface area contributed by atoms with Crippen molar-refractivity contribution >= 4 is 15.9 Å². The number of benzene rings is 1. The molecule has 0 unspecified atom stereocenters. The molecule has 1 rings (SSSR count). The Balaban J connectivity index is 3.20. The summed E-state index contributed by atoms with van der Waals surface area (Å²) in [6.45, 7) is 5.33. The summed E-state index contributed by atoms with van der Waals surface area (Å²) in [7, 11) is 0. The van der Waals surface area contributed by atoms with Crippen LogP contribution < -0.4 is 5.73 Å². The number of halogens is 4. The zero-order chi connectivity index (χ0) is 15.0. The molecule has 0 heterocycles. The number of alkyl halides is 3. The predicted octanol–water partition coefficient (Wildman–Crippen LogP) is 3.87. The van der Waals surface area contributed by atoms with Crippen LogP contribution in [-0.2, 0) is 6.18 Å². The van der Waals surface area contributed by atoms with Crippen molar-refractivity contribution in [2.24, 2.45) is 11.1 Å². The Bertz CT molecular complexity index is 454. The van der Waals surface area contributed by atoms with E-state index in [1.165, 1.54) is 6.07 Å². The predicted molar refractivity (Wildman–Crippen MR) is 71.5 cm³/mol. The number of hydrogen-bond acceptors (Lipinski definition) is 2. The lowest BCUT2D eigenvalue weighted by Crippen LogP contribution is -2.37. The quantitative estimate of drug-likeness (QED) is 0.858. The summed E-state index contributed by atoms with van der Waals surface area (Å²) in [6, 6.07) is 2.36. The summed E-state index contributed by atoms with van der Waals surface area (Å²) in [5.74, 6) is 0. The van der Waals surface area contributed by atoms with Crippen LogP contribution in [0.3, 0.4) is 0 Å². The Labute approximate surface area is 118 Å². The number of aliphatic hydroxyl groups is 1. The Kier molecular flexibility index (Phi) is 4.70. The van der Waals surface area contributed by atoms with E-state index in [0.29, 0.717) is 4.47 Å². The van der Waals surface area contributed by atoms with Gasteiger partial charge in [-0.2, -0.15) is 13.2 Å². The smallest absolute Gasteiger partial charge is 0.391 e. The zero-order valence-corrected chi connectivity index (χ0v) is 12.5. The average molecular weight is 340 g/mol. The van der Waals surface area contributed by atoms with Crippen molar-refractivity contribution in [2.75, 3.05) is 0 Å². The van der Waals surface area contributed by atoms with Crippen LogP contribution in [0.5, 0.6) is 0 Å². The highest BCUT2D eigenvalue weighted by Gasteiger charge is 2.34. The maximum Gasteiger partial charge on any atom is 0.416 e. The second-order valence-electron chi connectivity index (χ2n) is 5.57. The van der Waals surface area contributed by atoms with Crippen LogP contribution in [0.25, 0.3) is 0 Å². The van der Waals surface area contributed by atoms with Crippen molar-refractivity contribution in [3.8, 4) is 0 Å². The summed E-state index contributed by atoms with van der Waals surface area (Å²) in [4.78, 5) is 0. The Morgan fingerprint density at radius 3 is 2.16 bits per heavy atom. The van der Waals surface area contributed by atoms with E-state index < -0.39 is 29.3 Å². The molecule has 0 amide bonds. The van der Waals surface area contributed by atoms with E-state index in [0.717, 1.165) is 12.1 Å². The number of nitrogens with two attached hydrogens (primary N) is 1. The first-order valence-corrected chi connectivity index (χ1v) is 6.54. The molecule has 0 radical (unpaired) electrons. The lowest BCUT2D eigenvalue weighted by Gasteiger charge is -2.31. The fraction of sp³-hybridized carbons (Fsp3) is 0.538. The minimum Gasteiger partial charge on any atom is -0.391 e. The molecular formula is C13H17BrF3NO. The fourth-order valence-electron chi connectivity index (χ4n) is 1.68. The van der Waals surface area contributed by atoms with Gasteiger partial charge in [0.1, 0.15) is 0 Å². The standard InChI is InChI=1S/C13H17BrF3NO/c1-12(2,3)11(19)10(18)8-6-7(13(15,16)17)4-5-9(8)14/h4-6,10-11,19H,18H2,1-3H3/t10-,11-/m0/s1. The minimum atomic E-state index is -4.43. The third kappa shape index (κ3) is 3.94. The van der Waals surface area contributed by atoms with Gasteiger partial charge in [0.25, 0.3) is 0 Å². The fourth-order valence-corrected chi connectivity index (χ4v) is 2.20. The van der Waals surface area contributed by atoms with Crippen LogP contribution in [0.2, 0.25) is 0 Å². The van der Waals surface area contributed by atoms with E-state index in [1.54, 1.807) is 20.8 Å². The second-order valence-corrected chi connectivity index (χ2v) is 6.43. The molecule has 1 aromatic rings. The SMILES string of the molecule is CC(C)(C)[C@@H](O)[C@@H](N)c1cc(C(F)(F)F)ccc1Br. The van der Waals surface area contributed by atoms with Crippen LogP contribution in [0.1, 0.15) is 37.9 Å². The molecule has 0 aliphatic rings. The largest absolute Gasteiger partial charge is 0.416 e. The summed E-state index contributed by atoms with van der Waals surface area (Å²) >= 11 is 3.17. The van der Waals surface area contributed by atoms with E-state index >= 15 is 0 Å². The minimum absolute atomic E-state index is 0.247. The van der Waals surface area contributed by atoms with Crippen LogP contribution >= 0.6 is 15.9 Å². The van der Waals surface area contributed by atoms with Gasteiger partial charge in [-0.3, -0.25) is 0 Å². The summed E-state index contributed by atoms with van der Waals surface area (Å²) < 4.78 is 38.5. The molecule has 2 nitrogen and oxygen atoms in total. The highest BCUT2D eigenvalue weighted by atomic mass is 79.9. The highest BCUT2D eigenvalue weighted by molar-refractivity contribution is 9.10. The first-order chi connectivity index (χ1) is 8.44. The van der Waals surface area contributed by atoms with Crippen LogP contribution in [-0.4, -0.2) is 11.2 Å². The molecular weight excluding hydrogens is 323 g/mol. The van der Waals surface area contributed by atoms with Crippen molar-refractivity contribution in [3.63, 3.8) is 0 Å². The van der Waals surface area contributed by atoms with Gasteiger partial charge < -0.3 is 10.8 Å². The molecule has 19 heavy (non-hydrogen) atoms. The molecule has 1 aromatic carbocycles. The highest BCUT2D eigenvalue weighted by Crippen LogP contribution is 2.36. The van der Waals surface area contributed by atoms with Gasteiger partial charge in [0.15, 0.2) is 0 Å². The molecule has 0 saturated heterocycles. The Hall–Kier alpha value is -0.590. The van der Waals surface area contributed by atoms with Gasteiger partial charge in [-0.25, -0.2) is 0 Å². The van der Waals surface area contributed by atoms with Gasteiger partial charge in [0.05, 0.1) is 17.7 Å². The molecule has 0 aromatic heterocycles. The summed E-state index contributed by atoms with van der Waals surface area (Å²) in [5, 5.41) is 10.1. The van der Waals surface area contributed by atoms with E-state index in [1.807, 2.05) is 0 Å². The Morgan fingerprint density at radius 2 is 1.74 bits per heavy atom. The van der Waals surface area contributed by atoms with Gasteiger partial charge in [0.2, 0.25) is 0 Å². The molecule has 0 aliphatic carbocycles. The molecule has 3 N–H and O–H groups in total. The first-order valence-electron chi connectivity index (χ1n) is 5.75.